The van der Waals surface area contributed by atoms with Gasteiger partial charge in [0.05, 0.1) is 6.54 Å². The smallest absolute Gasteiger partial charge is 0.244 e. The van der Waals surface area contributed by atoms with Gasteiger partial charge in [0.1, 0.15) is 11.5 Å². The van der Waals surface area contributed by atoms with Crippen LogP contribution in [0.1, 0.15) is 17.1 Å². The zero-order valence-corrected chi connectivity index (χ0v) is 10.2. The largest absolute Gasteiger partial charge is 0.465 e. The minimum Gasteiger partial charge on any atom is -0.465 e. The van der Waals surface area contributed by atoms with Crippen LogP contribution in [0.15, 0.2) is 53.0 Å². The molecule has 2 aromatic rings. The van der Waals surface area contributed by atoms with Gasteiger partial charge in [0.2, 0.25) is 5.91 Å². The number of carbonyl (C=O) groups excluding carboxylic acids is 1. The van der Waals surface area contributed by atoms with Gasteiger partial charge in [-0.2, -0.15) is 0 Å². The first kappa shape index (κ1) is 12.2. The fourth-order valence-corrected chi connectivity index (χ4v) is 1.55. The highest BCUT2D eigenvalue weighted by molar-refractivity contribution is 5.91. The van der Waals surface area contributed by atoms with Gasteiger partial charge in [-0.25, -0.2) is 0 Å². The SMILES string of the molecule is Cc1ccc(CNC(=O)/C=C/c2ccccc2)o1. The fraction of sp³-hybridized carbons (Fsp3) is 0.133. The molecule has 92 valence electrons. The molecule has 1 N–H and O–H groups in total. The molecule has 0 saturated carbocycles. The van der Waals surface area contributed by atoms with Crippen LogP contribution in [0.25, 0.3) is 6.08 Å². The van der Waals surface area contributed by atoms with Crippen molar-refractivity contribution in [1.82, 2.24) is 5.32 Å². The molecule has 0 bridgehead atoms. The summed E-state index contributed by atoms with van der Waals surface area (Å²) < 4.78 is 5.36. The van der Waals surface area contributed by atoms with Crippen LogP contribution in [0.5, 0.6) is 0 Å². The normalized spacial score (nSPS) is 10.7. The van der Waals surface area contributed by atoms with Crippen molar-refractivity contribution >= 4 is 12.0 Å². The van der Waals surface area contributed by atoms with E-state index in [0.717, 1.165) is 17.1 Å². The Morgan fingerprint density at radius 3 is 2.67 bits per heavy atom. The number of carbonyl (C=O) groups is 1. The summed E-state index contributed by atoms with van der Waals surface area (Å²) in [7, 11) is 0. The molecule has 0 unspecified atom stereocenters. The molecule has 0 atom stereocenters. The minimum absolute atomic E-state index is 0.132. The molecule has 1 aromatic heterocycles. The number of nitrogens with one attached hydrogen (secondary N) is 1. The highest BCUT2D eigenvalue weighted by Crippen LogP contribution is 2.05. The van der Waals surface area contributed by atoms with Crippen LogP contribution >= 0.6 is 0 Å². The van der Waals surface area contributed by atoms with E-state index >= 15 is 0 Å². The summed E-state index contributed by atoms with van der Waals surface area (Å²) >= 11 is 0. The lowest BCUT2D eigenvalue weighted by Crippen LogP contribution is -2.19. The highest BCUT2D eigenvalue weighted by atomic mass is 16.3. The van der Waals surface area contributed by atoms with Crippen molar-refractivity contribution < 1.29 is 9.21 Å². The average molecular weight is 241 g/mol. The molecular formula is C15H15NO2. The lowest BCUT2D eigenvalue weighted by molar-refractivity contribution is -0.116. The molecule has 1 aromatic carbocycles. The standard InChI is InChI=1S/C15H15NO2/c1-12-7-9-14(18-12)11-16-15(17)10-8-13-5-3-2-4-6-13/h2-10H,11H2,1H3,(H,16,17)/b10-8+. The Bertz CT molecular complexity index is 541. The molecule has 3 nitrogen and oxygen atoms in total. The second-order valence-electron chi connectivity index (χ2n) is 3.97. The van der Waals surface area contributed by atoms with Crippen LogP contribution in [0.3, 0.4) is 0 Å². The van der Waals surface area contributed by atoms with Crippen LogP contribution in [0.4, 0.5) is 0 Å². The van der Waals surface area contributed by atoms with E-state index in [9.17, 15) is 4.79 Å². The first-order valence-electron chi connectivity index (χ1n) is 5.80. The second kappa shape index (κ2) is 5.87. The number of aryl methyl sites for hydroxylation is 1. The summed E-state index contributed by atoms with van der Waals surface area (Å²) in [5, 5.41) is 2.76. The van der Waals surface area contributed by atoms with E-state index in [1.165, 1.54) is 6.08 Å². The molecule has 0 aliphatic rings. The maximum atomic E-state index is 11.6. The molecule has 0 fully saturated rings. The maximum Gasteiger partial charge on any atom is 0.244 e. The third kappa shape index (κ3) is 3.63. The quantitative estimate of drug-likeness (QED) is 0.836. The number of benzene rings is 1. The Hall–Kier alpha value is -2.29. The van der Waals surface area contributed by atoms with E-state index < -0.39 is 0 Å². The molecule has 1 heterocycles. The van der Waals surface area contributed by atoms with Crippen LogP contribution in [0, 0.1) is 6.92 Å². The number of amides is 1. The Morgan fingerprint density at radius 1 is 1.22 bits per heavy atom. The van der Waals surface area contributed by atoms with Crippen LogP contribution in [-0.4, -0.2) is 5.91 Å². The molecule has 18 heavy (non-hydrogen) atoms. The number of hydrogen-bond donors (Lipinski definition) is 1. The van der Waals surface area contributed by atoms with Gasteiger partial charge in [0, 0.05) is 6.08 Å². The number of hydrogen-bond acceptors (Lipinski definition) is 2. The summed E-state index contributed by atoms with van der Waals surface area (Å²) in [6.45, 7) is 2.28. The fourth-order valence-electron chi connectivity index (χ4n) is 1.55. The first-order chi connectivity index (χ1) is 8.74. The lowest BCUT2D eigenvalue weighted by Gasteiger charge is -1.98. The van der Waals surface area contributed by atoms with Crippen LogP contribution < -0.4 is 5.32 Å². The highest BCUT2D eigenvalue weighted by Gasteiger charge is 2.00. The second-order valence-corrected chi connectivity index (χ2v) is 3.97. The average Bonchev–Trinajstić information content (AvgIpc) is 2.81. The summed E-state index contributed by atoms with van der Waals surface area (Å²) in [5.41, 5.74) is 1.00. The summed E-state index contributed by atoms with van der Waals surface area (Å²) in [6, 6.07) is 13.4. The van der Waals surface area contributed by atoms with Crippen molar-refractivity contribution in [1.29, 1.82) is 0 Å². The molecule has 0 aliphatic carbocycles. The van der Waals surface area contributed by atoms with Crippen molar-refractivity contribution in [2.24, 2.45) is 0 Å². The van der Waals surface area contributed by atoms with Gasteiger partial charge in [-0.1, -0.05) is 30.3 Å². The van der Waals surface area contributed by atoms with Gasteiger partial charge in [-0.05, 0) is 30.7 Å². The molecule has 2 rings (SSSR count). The van der Waals surface area contributed by atoms with Gasteiger partial charge in [0.25, 0.3) is 0 Å². The number of rotatable bonds is 4. The van der Waals surface area contributed by atoms with Gasteiger partial charge < -0.3 is 9.73 Å². The third-order valence-electron chi connectivity index (χ3n) is 2.46. The maximum absolute atomic E-state index is 11.6. The van der Waals surface area contributed by atoms with Crippen LogP contribution in [-0.2, 0) is 11.3 Å². The van der Waals surface area contributed by atoms with Crippen molar-refractivity contribution in [3.8, 4) is 0 Å². The first-order valence-corrected chi connectivity index (χ1v) is 5.80. The Morgan fingerprint density at radius 2 is 2.00 bits per heavy atom. The minimum atomic E-state index is -0.132. The Labute approximate surface area is 106 Å². The predicted octanol–water partition coefficient (Wildman–Crippen LogP) is 2.92. The molecule has 0 spiro atoms. The number of furan rings is 1. The predicted molar refractivity (Wildman–Crippen MR) is 70.8 cm³/mol. The van der Waals surface area contributed by atoms with Gasteiger partial charge in [0.15, 0.2) is 0 Å². The monoisotopic (exact) mass is 241 g/mol. The zero-order valence-electron chi connectivity index (χ0n) is 10.2. The topological polar surface area (TPSA) is 42.2 Å². The lowest BCUT2D eigenvalue weighted by atomic mass is 10.2. The molecular weight excluding hydrogens is 226 g/mol. The van der Waals surface area contributed by atoms with Crippen molar-refractivity contribution in [3.63, 3.8) is 0 Å². The van der Waals surface area contributed by atoms with E-state index in [1.54, 1.807) is 6.08 Å². The third-order valence-corrected chi connectivity index (χ3v) is 2.46. The van der Waals surface area contributed by atoms with Gasteiger partial charge >= 0.3 is 0 Å². The Kier molecular flexibility index (Phi) is 3.97. The van der Waals surface area contributed by atoms with Crippen LogP contribution in [0.2, 0.25) is 0 Å². The molecule has 3 heteroatoms. The van der Waals surface area contributed by atoms with E-state index in [-0.39, 0.29) is 5.91 Å². The van der Waals surface area contributed by atoms with Crippen molar-refractivity contribution in [2.75, 3.05) is 0 Å². The summed E-state index contributed by atoms with van der Waals surface area (Å²) in [5.74, 6) is 1.47. The van der Waals surface area contributed by atoms with E-state index in [1.807, 2.05) is 49.4 Å². The van der Waals surface area contributed by atoms with E-state index in [2.05, 4.69) is 5.32 Å². The molecule has 1 amide bonds. The van der Waals surface area contributed by atoms with E-state index in [0.29, 0.717) is 6.54 Å². The van der Waals surface area contributed by atoms with E-state index in [4.69, 9.17) is 4.42 Å². The summed E-state index contributed by atoms with van der Waals surface area (Å²) in [6.07, 6.45) is 3.30. The summed E-state index contributed by atoms with van der Waals surface area (Å²) in [4.78, 5) is 11.6. The molecule has 0 radical (unpaired) electrons. The molecule has 0 aliphatic heterocycles. The van der Waals surface area contributed by atoms with Gasteiger partial charge in [-0.15, -0.1) is 0 Å². The van der Waals surface area contributed by atoms with Crippen molar-refractivity contribution in [2.45, 2.75) is 13.5 Å². The molecule has 0 saturated heterocycles. The Balaban J connectivity index is 1.84. The van der Waals surface area contributed by atoms with Crippen molar-refractivity contribution in [3.05, 3.63) is 65.6 Å². The zero-order chi connectivity index (χ0) is 12.8. The van der Waals surface area contributed by atoms with Gasteiger partial charge in [-0.3, -0.25) is 4.79 Å².